The van der Waals surface area contributed by atoms with Crippen molar-refractivity contribution in [2.75, 3.05) is 11.1 Å². The average Bonchev–Trinajstić information content (AvgIpc) is 2.66. The van der Waals surface area contributed by atoms with E-state index in [-0.39, 0.29) is 22.3 Å². The van der Waals surface area contributed by atoms with E-state index in [0.717, 1.165) is 17.7 Å². The van der Waals surface area contributed by atoms with Crippen LogP contribution in [0.1, 0.15) is 28.1 Å². The summed E-state index contributed by atoms with van der Waals surface area (Å²) in [7, 11) is 0. The van der Waals surface area contributed by atoms with Crippen molar-refractivity contribution in [3.05, 3.63) is 81.9 Å². The summed E-state index contributed by atoms with van der Waals surface area (Å²) in [5, 5.41) is 2.83. The molecule has 0 fully saturated rings. The minimum atomic E-state index is -0.577. The zero-order valence-corrected chi connectivity index (χ0v) is 15.2. The minimum absolute atomic E-state index is 0.0495. The number of nitrogen functional groups attached to an aromatic ring is 1. The number of nitrogens with two attached hydrogens (primary N) is 1. The van der Waals surface area contributed by atoms with Gasteiger partial charge in [0.2, 0.25) is 0 Å². The molecule has 1 aromatic heterocycles. The molecule has 0 unspecified atom stereocenters. The normalized spacial score (nSPS) is 11.8. The van der Waals surface area contributed by atoms with Crippen molar-refractivity contribution in [3.63, 3.8) is 0 Å². The highest BCUT2D eigenvalue weighted by molar-refractivity contribution is 7.99. The monoisotopic (exact) mass is 384 g/mol. The molecule has 0 aliphatic heterocycles. The molecule has 27 heavy (non-hydrogen) atoms. The second kappa shape index (κ2) is 8.05. The summed E-state index contributed by atoms with van der Waals surface area (Å²) < 4.78 is 13.0. The number of anilines is 2. The number of carbonyl (C=O) groups excluding carboxylic acids is 1. The number of halogens is 1. The van der Waals surface area contributed by atoms with Crippen molar-refractivity contribution in [2.45, 2.75) is 17.3 Å². The predicted molar refractivity (Wildman–Crippen MR) is 104 cm³/mol. The molecule has 0 bridgehead atoms. The van der Waals surface area contributed by atoms with Crippen LogP contribution in [-0.2, 0) is 0 Å². The molecule has 8 heteroatoms. The predicted octanol–water partition coefficient (Wildman–Crippen LogP) is 3.60. The first-order chi connectivity index (χ1) is 12.9. The lowest BCUT2D eigenvalue weighted by Gasteiger charge is -2.12. The fourth-order valence-electron chi connectivity index (χ4n) is 2.39. The summed E-state index contributed by atoms with van der Waals surface area (Å²) in [5.74, 6) is -1.12. The number of H-pyrrole nitrogens is 1. The van der Waals surface area contributed by atoms with E-state index in [2.05, 4.69) is 15.3 Å². The summed E-state index contributed by atoms with van der Waals surface area (Å²) in [6.07, 6.45) is 0. The second-order valence-electron chi connectivity index (χ2n) is 5.76. The lowest BCUT2D eigenvalue weighted by Crippen LogP contribution is -2.23. The van der Waals surface area contributed by atoms with Crippen LogP contribution in [0.5, 0.6) is 0 Å². The first kappa shape index (κ1) is 18.7. The van der Waals surface area contributed by atoms with Gasteiger partial charge in [-0.15, -0.1) is 0 Å². The molecule has 0 aliphatic carbocycles. The summed E-state index contributed by atoms with van der Waals surface area (Å²) in [4.78, 5) is 31.3. The van der Waals surface area contributed by atoms with Gasteiger partial charge in [0.15, 0.2) is 11.0 Å². The quantitative estimate of drug-likeness (QED) is 0.461. The van der Waals surface area contributed by atoms with Crippen LogP contribution in [0.4, 0.5) is 15.9 Å². The van der Waals surface area contributed by atoms with Gasteiger partial charge in [0.25, 0.3) is 11.5 Å². The van der Waals surface area contributed by atoms with E-state index in [9.17, 15) is 14.0 Å². The smallest absolute Gasteiger partial charge is 0.277 e. The minimum Gasteiger partial charge on any atom is -0.382 e. The van der Waals surface area contributed by atoms with E-state index in [4.69, 9.17) is 5.73 Å². The van der Waals surface area contributed by atoms with Gasteiger partial charge in [-0.3, -0.25) is 14.6 Å². The molecule has 1 amide bonds. The molecule has 3 aromatic rings. The van der Waals surface area contributed by atoms with Crippen LogP contribution < -0.4 is 16.6 Å². The molecule has 138 valence electrons. The molecule has 4 N–H and O–H groups in total. The van der Waals surface area contributed by atoms with Crippen LogP contribution in [0.15, 0.2) is 64.5 Å². The van der Waals surface area contributed by atoms with Crippen LogP contribution in [0.3, 0.4) is 0 Å². The number of aromatic nitrogens is 2. The lowest BCUT2D eigenvalue weighted by molar-refractivity contribution is 0.102. The zero-order chi connectivity index (χ0) is 19.4. The number of amides is 1. The van der Waals surface area contributed by atoms with Crippen molar-refractivity contribution in [2.24, 2.45) is 0 Å². The maximum atomic E-state index is 13.0. The molecular formula is C19H17FN4O2S. The number of nitrogens with one attached hydrogen (secondary N) is 2. The topological polar surface area (TPSA) is 101 Å². The van der Waals surface area contributed by atoms with E-state index in [0.29, 0.717) is 5.16 Å². The largest absolute Gasteiger partial charge is 0.382 e. The molecule has 3 rings (SSSR count). The standard InChI is InChI=1S/C19H17FN4O2S/c1-11(12-5-3-2-4-6-12)27-19-23-16(21)15(18(26)24-19)22-17(25)13-7-9-14(20)10-8-13/h2-11H,1H3,(H,22,25)(H3,21,23,24,26)/t11-/m1/s1. The van der Waals surface area contributed by atoms with E-state index < -0.39 is 17.3 Å². The average molecular weight is 384 g/mol. The van der Waals surface area contributed by atoms with Gasteiger partial charge in [0.1, 0.15) is 11.5 Å². The Morgan fingerprint density at radius 3 is 2.48 bits per heavy atom. The van der Waals surface area contributed by atoms with Crippen molar-refractivity contribution in [1.82, 2.24) is 9.97 Å². The van der Waals surface area contributed by atoms with Crippen LogP contribution in [0, 0.1) is 5.82 Å². The Morgan fingerprint density at radius 1 is 1.19 bits per heavy atom. The summed E-state index contributed by atoms with van der Waals surface area (Å²) in [5.41, 5.74) is 6.46. The maximum Gasteiger partial charge on any atom is 0.277 e. The van der Waals surface area contributed by atoms with Gasteiger partial charge in [-0.1, -0.05) is 42.1 Å². The van der Waals surface area contributed by atoms with Gasteiger partial charge in [0.05, 0.1) is 0 Å². The molecular weight excluding hydrogens is 367 g/mol. The van der Waals surface area contributed by atoms with Crippen LogP contribution in [0.2, 0.25) is 0 Å². The summed E-state index contributed by atoms with van der Waals surface area (Å²) in [6.45, 7) is 1.99. The molecule has 1 heterocycles. The molecule has 0 saturated carbocycles. The Labute approximate surface area is 159 Å². The number of rotatable bonds is 5. The zero-order valence-electron chi connectivity index (χ0n) is 14.4. The number of carbonyl (C=O) groups is 1. The lowest BCUT2D eigenvalue weighted by atomic mass is 10.2. The van der Waals surface area contributed by atoms with Crippen LogP contribution in [0.25, 0.3) is 0 Å². The number of hydrogen-bond donors (Lipinski definition) is 3. The van der Waals surface area contributed by atoms with Crippen LogP contribution in [-0.4, -0.2) is 15.9 Å². The number of benzene rings is 2. The van der Waals surface area contributed by atoms with E-state index >= 15 is 0 Å². The molecule has 2 aromatic carbocycles. The molecule has 1 atom stereocenters. The van der Waals surface area contributed by atoms with Gasteiger partial charge in [-0.2, -0.15) is 0 Å². The Kier molecular flexibility index (Phi) is 5.56. The van der Waals surface area contributed by atoms with Gasteiger partial charge >= 0.3 is 0 Å². The van der Waals surface area contributed by atoms with Gasteiger partial charge in [0, 0.05) is 10.8 Å². The highest BCUT2D eigenvalue weighted by Gasteiger charge is 2.16. The van der Waals surface area contributed by atoms with E-state index in [1.165, 1.54) is 23.9 Å². The highest BCUT2D eigenvalue weighted by atomic mass is 32.2. The molecule has 0 saturated heterocycles. The first-order valence-electron chi connectivity index (χ1n) is 8.12. The molecule has 0 spiro atoms. The Bertz CT molecular complexity index is 1010. The summed E-state index contributed by atoms with van der Waals surface area (Å²) in [6, 6.07) is 14.7. The third-order valence-electron chi connectivity index (χ3n) is 3.83. The van der Waals surface area contributed by atoms with E-state index in [1.807, 2.05) is 37.3 Å². The van der Waals surface area contributed by atoms with Gasteiger partial charge in [-0.05, 0) is 36.8 Å². The second-order valence-corrected chi connectivity index (χ2v) is 7.09. The summed E-state index contributed by atoms with van der Waals surface area (Å²) >= 11 is 1.35. The van der Waals surface area contributed by atoms with Crippen molar-refractivity contribution in [1.29, 1.82) is 0 Å². The highest BCUT2D eigenvalue weighted by Crippen LogP contribution is 2.32. The molecule has 6 nitrogen and oxygen atoms in total. The molecule has 0 radical (unpaired) electrons. The van der Waals surface area contributed by atoms with Crippen molar-refractivity contribution < 1.29 is 9.18 Å². The Balaban J connectivity index is 1.77. The van der Waals surface area contributed by atoms with Gasteiger partial charge in [-0.25, -0.2) is 9.37 Å². The van der Waals surface area contributed by atoms with Crippen LogP contribution >= 0.6 is 11.8 Å². The first-order valence-corrected chi connectivity index (χ1v) is 9.00. The number of hydrogen-bond acceptors (Lipinski definition) is 5. The van der Waals surface area contributed by atoms with Crippen molar-refractivity contribution in [3.8, 4) is 0 Å². The third kappa shape index (κ3) is 4.53. The molecule has 0 aliphatic rings. The number of aromatic amines is 1. The fourth-order valence-corrected chi connectivity index (χ4v) is 3.32. The Hall–Kier alpha value is -3.13. The number of thioether (sulfide) groups is 1. The van der Waals surface area contributed by atoms with Crippen molar-refractivity contribution >= 4 is 29.2 Å². The SMILES string of the molecule is C[C@@H](Sc1nc(N)c(NC(=O)c2ccc(F)cc2)c(=O)[nH]1)c1ccccc1. The number of nitrogens with zero attached hydrogens (tertiary/aromatic N) is 1. The maximum absolute atomic E-state index is 13.0. The van der Waals surface area contributed by atoms with E-state index in [1.54, 1.807) is 0 Å². The third-order valence-corrected chi connectivity index (χ3v) is 4.87. The van der Waals surface area contributed by atoms with Gasteiger partial charge < -0.3 is 11.1 Å². The Morgan fingerprint density at radius 2 is 1.85 bits per heavy atom. The fraction of sp³-hybridized carbons (Fsp3) is 0.105.